The van der Waals surface area contributed by atoms with E-state index in [1.807, 2.05) is 37.3 Å². The molecule has 0 bridgehead atoms. The average molecular weight is 410 g/mol. The summed E-state index contributed by atoms with van der Waals surface area (Å²) >= 11 is 5.24. The van der Waals surface area contributed by atoms with Gasteiger partial charge >= 0.3 is 0 Å². The van der Waals surface area contributed by atoms with E-state index in [1.165, 1.54) is 0 Å². The molecule has 150 valence electrons. The van der Waals surface area contributed by atoms with Crippen molar-refractivity contribution in [3.63, 3.8) is 0 Å². The molecule has 0 radical (unpaired) electrons. The Balaban J connectivity index is 1.58. The molecule has 0 saturated carbocycles. The quantitative estimate of drug-likeness (QED) is 0.502. The van der Waals surface area contributed by atoms with Crippen molar-refractivity contribution in [2.24, 2.45) is 0 Å². The van der Waals surface area contributed by atoms with Crippen molar-refractivity contribution >= 4 is 28.9 Å². The molecule has 0 atom stereocenters. The number of aliphatic hydroxyl groups excluding tert-OH is 1. The number of rotatable bonds is 7. The number of thiocarbonyl (C=S) groups is 1. The summed E-state index contributed by atoms with van der Waals surface area (Å²) in [4.78, 5) is 12.4. The molecular formula is C22H22N2O4S. The minimum atomic E-state index is -0.312. The molecule has 0 saturated heterocycles. The van der Waals surface area contributed by atoms with Crippen LogP contribution in [0.4, 0.5) is 5.69 Å². The molecule has 7 heteroatoms. The summed E-state index contributed by atoms with van der Waals surface area (Å²) in [5, 5.41) is 14.9. The minimum Gasteiger partial charge on any atom is -0.494 e. The molecule has 29 heavy (non-hydrogen) atoms. The highest BCUT2D eigenvalue weighted by molar-refractivity contribution is 7.80. The van der Waals surface area contributed by atoms with Gasteiger partial charge in [-0.25, -0.2) is 0 Å². The summed E-state index contributed by atoms with van der Waals surface area (Å²) in [5.74, 6) is 1.52. The zero-order valence-corrected chi connectivity index (χ0v) is 16.8. The molecule has 3 rings (SSSR count). The third-order valence-electron chi connectivity index (χ3n) is 4.04. The van der Waals surface area contributed by atoms with Gasteiger partial charge in [-0.05, 0) is 73.2 Å². The van der Waals surface area contributed by atoms with Crippen LogP contribution in [0.5, 0.6) is 5.75 Å². The van der Waals surface area contributed by atoms with E-state index < -0.39 is 0 Å². The number of amides is 1. The zero-order valence-electron chi connectivity index (χ0n) is 16.0. The Morgan fingerprint density at radius 2 is 1.93 bits per heavy atom. The minimum absolute atomic E-state index is 0.138. The lowest BCUT2D eigenvalue weighted by Crippen LogP contribution is -2.34. The van der Waals surface area contributed by atoms with Gasteiger partial charge in [0.05, 0.1) is 6.61 Å². The second kappa shape index (κ2) is 9.86. The van der Waals surface area contributed by atoms with Crippen molar-refractivity contribution in [2.45, 2.75) is 20.0 Å². The molecule has 3 N–H and O–H groups in total. The molecule has 0 fully saturated rings. The summed E-state index contributed by atoms with van der Waals surface area (Å²) < 4.78 is 11.1. The van der Waals surface area contributed by atoms with E-state index in [0.717, 1.165) is 17.7 Å². The lowest BCUT2D eigenvalue weighted by atomic mass is 10.1. The van der Waals surface area contributed by atoms with E-state index in [9.17, 15) is 4.79 Å². The molecule has 1 heterocycles. The lowest BCUT2D eigenvalue weighted by Gasteiger charge is -2.11. The van der Waals surface area contributed by atoms with Crippen LogP contribution in [0.2, 0.25) is 0 Å². The number of carbonyl (C=O) groups excluding carboxylic acids is 1. The van der Waals surface area contributed by atoms with Gasteiger partial charge in [-0.3, -0.25) is 10.1 Å². The number of nitrogens with one attached hydrogen (secondary N) is 2. The topological polar surface area (TPSA) is 83.7 Å². The summed E-state index contributed by atoms with van der Waals surface area (Å²) in [6.07, 6.45) is 0.895. The van der Waals surface area contributed by atoms with Crippen LogP contribution in [0.15, 0.2) is 65.1 Å². The van der Waals surface area contributed by atoms with Gasteiger partial charge in [0, 0.05) is 16.8 Å². The number of benzene rings is 2. The summed E-state index contributed by atoms with van der Waals surface area (Å²) in [5.41, 5.74) is 2.07. The fourth-order valence-electron chi connectivity index (χ4n) is 2.62. The first-order chi connectivity index (χ1) is 14.1. The lowest BCUT2D eigenvalue weighted by molar-refractivity contribution is 0.0977. The second-order valence-corrected chi connectivity index (χ2v) is 6.69. The predicted molar refractivity (Wildman–Crippen MR) is 116 cm³/mol. The van der Waals surface area contributed by atoms with Crippen molar-refractivity contribution in [3.8, 4) is 17.1 Å². The van der Waals surface area contributed by atoms with E-state index in [4.69, 9.17) is 26.5 Å². The number of hydrogen-bond donors (Lipinski definition) is 3. The standard InChI is InChI=1S/C22H22N2O4S/c1-2-12-27-18-5-3-4-16(13-18)21(26)24-22(29)23-17-8-6-15(7-9-17)20-11-10-19(14-25)28-20/h3-11,13,25H,2,12,14H2,1H3,(H2,23,24,26,29). The van der Waals surface area contributed by atoms with E-state index >= 15 is 0 Å². The maximum atomic E-state index is 12.4. The first kappa shape index (κ1) is 20.6. The van der Waals surface area contributed by atoms with Gasteiger partial charge < -0.3 is 19.6 Å². The monoisotopic (exact) mass is 410 g/mol. The van der Waals surface area contributed by atoms with Crippen LogP contribution in [0.1, 0.15) is 29.5 Å². The third-order valence-corrected chi connectivity index (χ3v) is 4.25. The Morgan fingerprint density at radius 1 is 1.14 bits per heavy atom. The highest BCUT2D eigenvalue weighted by Crippen LogP contribution is 2.24. The maximum absolute atomic E-state index is 12.4. The van der Waals surface area contributed by atoms with E-state index in [-0.39, 0.29) is 17.6 Å². The number of hydrogen-bond acceptors (Lipinski definition) is 5. The van der Waals surface area contributed by atoms with Crippen LogP contribution < -0.4 is 15.4 Å². The summed E-state index contributed by atoms with van der Waals surface area (Å²) in [6.45, 7) is 2.48. The Hall–Kier alpha value is -3.16. The van der Waals surface area contributed by atoms with Gasteiger partial charge in [0.15, 0.2) is 5.11 Å². The Morgan fingerprint density at radius 3 is 2.62 bits per heavy atom. The van der Waals surface area contributed by atoms with Crippen LogP contribution >= 0.6 is 12.2 Å². The number of carbonyl (C=O) groups is 1. The maximum Gasteiger partial charge on any atom is 0.257 e. The highest BCUT2D eigenvalue weighted by Gasteiger charge is 2.10. The molecule has 6 nitrogen and oxygen atoms in total. The number of anilines is 1. The highest BCUT2D eigenvalue weighted by atomic mass is 32.1. The van der Waals surface area contributed by atoms with Crippen molar-refractivity contribution in [3.05, 3.63) is 72.0 Å². The molecule has 3 aromatic rings. The molecule has 1 aromatic heterocycles. The first-order valence-corrected chi connectivity index (χ1v) is 9.65. The van der Waals surface area contributed by atoms with Crippen molar-refractivity contribution < 1.29 is 19.1 Å². The second-order valence-electron chi connectivity index (χ2n) is 6.29. The van der Waals surface area contributed by atoms with E-state index in [2.05, 4.69) is 10.6 Å². The molecule has 1 amide bonds. The normalized spacial score (nSPS) is 10.4. The van der Waals surface area contributed by atoms with Crippen LogP contribution in [0.3, 0.4) is 0 Å². The van der Waals surface area contributed by atoms with Gasteiger partial charge in [-0.2, -0.15) is 0 Å². The SMILES string of the molecule is CCCOc1cccc(C(=O)NC(=S)Nc2ccc(-c3ccc(CO)o3)cc2)c1. The Bertz CT molecular complexity index is 982. The molecule has 0 aliphatic rings. The zero-order chi connectivity index (χ0) is 20.6. The average Bonchev–Trinajstić information content (AvgIpc) is 3.22. The molecule has 0 spiro atoms. The first-order valence-electron chi connectivity index (χ1n) is 9.24. The van der Waals surface area contributed by atoms with Crippen LogP contribution in [-0.4, -0.2) is 22.7 Å². The van der Waals surface area contributed by atoms with E-state index in [0.29, 0.717) is 29.4 Å². The van der Waals surface area contributed by atoms with Gasteiger partial charge in [0.2, 0.25) is 0 Å². The molecule has 0 unspecified atom stereocenters. The van der Waals surface area contributed by atoms with Gasteiger partial charge in [-0.15, -0.1) is 0 Å². The fourth-order valence-corrected chi connectivity index (χ4v) is 2.83. The Kier molecular flexibility index (Phi) is 6.99. The molecule has 2 aromatic carbocycles. The summed E-state index contributed by atoms with van der Waals surface area (Å²) in [7, 11) is 0. The van der Waals surface area contributed by atoms with Crippen molar-refractivity contribution in [1.29, 1.82) is 0 Å². The van der Waals surface area contributed by atoms with Crippen LogP contribution in [0, 0.1) is 0 Å². The van der Waals surface area contributed by atoms with Crippen molar-refractivity contribution in [1.82, 2.24) is 5.32 Å². The van der Waals surface area contributed by atoms with Gasteiger partial charge in [0.25, 0.3) is 5.91 Å². The smallest absolute Gasteiger partial charge is 0.257 e. The van der Waals surface area contributed by atoms with E-state index in [1.54, 1.807) is 30.3 Å². The number of aliphatic hydroxyl groups is 1. The fraction of sp³-hybridized carbons (Fsp3) is 0.182. The molecule has 0 aliphatic heterocycles. The largest absolute Gasteiger partial charge is 0.494 e. The van der Waals surface area contributed by atoms with Gasteiger partial charge in [-0.1, -0.05) is 13.0 Å². The summed E-state index contributed by atoms with van der Waals surface area (Å²) in [6, 6.07) is 17.9. The Labute approximate surface area is 174 Å². The van der Waals surface area contributed by atoms with Crippen molar-refractivity contribution in [2.75, 3.05) is 11.9 Å². The molecular weight excluding hydrogens is 388 g/mol. The van der Waals surface area contributed by atoms with Gasteiger partial charge in [0.1, 0.15) is 23.9 Å². The van der Waals surface area contributed by atoms with Crippen LogP contribution in [-0.2, 0) is 6.61 Å². The predicted octanol–water partition coefficient (Wildman–Crippen LogP) is 4.35. The van der Waals surface area contributed by atoms with Crippen LogP contribution in [0.25, 0.3) is 11.3 Å². The molecule has 0 aliphatic carbocycles. The number of furan rings is 1. The third kappa shape index (κ3) is 5.66. The number of ether oxygens (including phenoxy) is 1.